The van der Waals surface area contributed by atoms with Crippen molar-refractivity contribution in [3.63, 3.8) is 0 Å². The minimum atomic E-state index is -3.55. The number of carbonyl (C=O) groups is 1. The number of alkyl halides is 2. The van der Waals surface area contributed by atoms with E-state index in [9.17, 15) is 26.7 Å². The predicted octanol–water partition coefficient (Wildman–Crippen LogP) is 2.27. The molecule has 0 saturated heterocycles. The Labute approximate surface area is 80.3 Å². The highest BCUT2D eigenvalue weighted by atomic mass is 19.3. The van der Waals surface area contributed by atoms with Crippen LogP contribution in [0, 0.1) is 17.5 Å². The van der Waals surface area contributed by atoms with Gasteiger partial charge in [-0.2, -0.15) is 13.2 Å². The lowest BCUT2D eigenvalue weighted by Crippen LogP contribution is -2.19. The van der Waals surface area contributed by atoms with Crippen molar-refractivity contribution in [3.05, 3.63) is 29.6 Å². The third kappa shape index (κ3) is 2.42. The van der Waals surface area contributed by atoms with Gasteiger partial charge >= 0.3 is 12.4 Å². The van der Waals surface area contributed by atoms with E-state index in [1.165, 1.54) is 0 Å². The lowest BCUT2D eigenvalue weighted by Gasteiger charge is -2.05. The van der Waals surface area contributed by atoms with Gasteiger partial charge in [0.1, 0.15) is 0 Å². The van der Waals surface area contributed by atoms with E-state index in [4.69, 9.17) is 0 Å². The highest BCUT2D eigenvalue weighted by molar-refractivity contribution is 5.75. The van der Waals surface area contributed by atoms with E-state index >= 15 is 0 Å². The van der Waals surface area contributed by atoms with E-state index < -0.39 is 35.6 Å². The molecule has 1 aromatic carbocycles. The summed E-state index contributed by atoms with van der Waals surface area (Å²) in [6, 6.07) is 0.886. The van der Waals surface area contributed by atoms with E-state index in [2.05, 4.69) is 4.74 Å². The molecule has 0 atom stereocenters. The van der Waals surface area contributed by atoms with E-state index in [1.54, 1.807) is 0 Å². The van der Waals surface area contributed by atoms with Crippen LogP contribution in [-0.4, -0.2) is 12.4 Å². The fourth-order valence-corrected chi connectivity index (χ4v) is 0.747. The molecular weight excluding hydrogens is 223 g/mol. The van der Waals surface area contributed by atoms with Gasteiger partial charge in [-0.3, -0.25) is 0 Å². The van der Waals surface area contributed by atoms with Crippen molar-refractivity contribution < 1.29 is 31.5 Å². The van der Waals surface area contributed by atoms with Gasteiger partial charge in [0.15, 0.2) is 11.6 Å². The smallest absolute Gasteiger partial charge is 0.379 e. The summed E-state index contributed by atoms with van der Waals surface area (Å²) in [4.78, 5) is 10.3. The summed E-state index contributed by atoms with van der Waals surface area (Å²) in [7, 11) is 0. The Morgan fingerprint density at radius 3 is 2.20 bits per heavy atom. The molecule has 0 radical (unpaired) electrons. The van der Waals surface area contributed by atoms with Crippen LogP contribution < -0.4 is 4.74 Å². The van der Waals surface area contributed by atoms with Crippen LogP contribution in [0.15, 0.2) is 12.1 Å². The molecule has 0 bridgehead atoms. The number of hydrogen-bond donors (Lipinski definition) is 0. The number of halogens is 5. The molecule has 1 rings (SSSR count). The van der Waals surface area contributed by atoms with E-state index in [1.807, 2.05) is 0 Å². The third-order valence-electron chi connectivity index (χ3n) is 1.38. The second-order valence-electron chi connectivity index (χ2n) is 2.39. The Hall–Kier alpha value is -1.66. The van der Waals surface area contributed by atoms with Crippen LogP contribution in [0.25, 0.3) is 0 Å². The van der Waals surface area contributed by atoms with E-state index in [0.717, 1.165) is 0 Å². The summed E-state index contributed by atoms with van der Waals surface area (Å²) in [6.07, 6.45) is -3.55. The Morgan fingerprint density at radius 1 is 1.13 bits per heavy atom. The van der Waals surface area contributed by atoms with Gasteiger partial charge in [-0.1, -0.05) is 0 Å². The maximum absolute atomic E-state index is 12.7. The van der Waals surface area contributed by atoms with Crippen LogP contribution in [0.1, 0.15) is 0 Å². The van der Waals surface area contributed by atoms with Crippen molar-refractivity contribution in [1.82, 2.24) is 0 Å². The van der Waals surface area contributed by atoms with Gasteiger partial charge in [0.25, 0.3) is 0 Å². The minimum Gasteiger partial charge on any atom is -0.416 e. The van der Waals surface area contributed by atoms with Crippen LogP contribution in [0.4, 0.5) is 22.0 Å². The van der Waals surface area contributed by atoms with Crippen molar-refractivity contribution in [3.8, 4) is 5.75 Å². The monoisotopic (exact) mass is 226 g/mol. The van der Waals surface area contributed by atoms with Gasteiger partial charge in [-0.05, 0) is 12.1 Å². The summed E-state index contributed by atoms with van der Waals surface area (Å²) in [6.45, 7) is 0. The first-order valence-corrected chi connectivity index (χ1v) is 3.57. The molecule has 82 valence electrons. The number of esters is 1. The van der Waals surface area contributed by atoms with E-state index in [0.29, 0.717) is 12.1 Å². The van der Waals surface area contributed by atoms with Crippen molar-refractivity contribution >= 4 is 5.97 Å². The second kappa shape index (κ2) is 4.24. The molecule has 0 spiro atoms. The summed E-state index contributed by atoms with van der Waals surface area (Å²) < 4.78 is 64.9. The summed E-state index contributed by atoms with van der Waals surface area (Å²) in [5.41, 5.74) is 0. The van der Waals surface area contributed by atoms with Gasteiger partial charge in [0, 0.05) is 0 Å². The number of benzene rings is 1. The molecule has 2 nitrogen and oxygen atoms in total. The van der Waals surface area contributed by atoms with Crippen LogP contribution in [0.5, 0.6) is 5.75 Å². The molecule has 0 aliphatic heterocycles. The first-order chi connectivity index (χ1) is 6.93. The van der Waals surface area contributed by atoms with Gasteiger partial charge in [0.05, 0.1) is 0 Å². The molecule has 0 fully saturated rings. The molecule has 0 unspecified atom stereocenters. The second-order valence-corrected chi connectivity index (χ2v) is 2.39. The van der Waals surface area contributed by atoms with Crippen molar-refractivity contribution in [2.75, 3.05) is 0 Å². The molecule has 0 aliphatic rings. The lowest BCUT2D eigenvalue weighted by atomic mass is 10.3. The molecule has 0 amide bonds. The summed E-state index contributed by atoms with van der Waals surface area (Å²) >= 11 is 0. The average Bonchev–Trinajstić information content (AvgIpc) is 2.18. The Balaban J connectivity index is 3.04. The van der Waals surface area contributed by atoms with Crippen LogP contribution >= 0.6 is 0 Å². The molecule has 0 aromatic heterocycles. The zero-order valence-corrected chi connectivity index (χ0v) is 6.94. The van der Waals surface area contributed by atoms with Crippen LogP contribution in [0.2, 0.25) is 0 Å². The van der Waals surface area contributed by atoms with Gasteiger partial charge in [0.2, 0.25) is 11.6 Å². The minimum absolute atomic E-state index is 0.435. The molecule has 0 N–H and O–H groups in total. The number of carbonyl (C=O) groups excluding carboxylic acids is 1. The Morgan fingerprint density at radius 2 is 1.67 bits per heavy atom. The first kappa shape index (κ1) is 11.4. The number of hydrogen-bond acceptors (Lipinski definition) is 2. The molecule has 1 aromatic rings. The Kier molecular flexibility index (Phi) is 3.23. The molecular formula is C8H3F5O2. The topological polar surface area (TPSA) is 26.3 Å². The maximum atomic E-state index is 12.7. The Bertz CT molecular complexity index is 391. The van der Waals surface area contributed by atoms with Crippen molar-refractivity contribution in [2.24, 2.45) is 0 Å². The standard InChI is InChI=1S/C8H3F5O2/c9-3-1-2-4(10)6(5(3)11)15-8(14)7(12)13/h1-2,7H. The van der Waals surface area contributed by atoms with Crippen LogP contribution in [-0.2, 0) is 4.79 Å². The zero-order chi connectivity index (χ0) is 11.6. The van der Waals surface area contributed by atoms with E-state index in [-0.39, 0.29) is 0 Å². The molecule has 0 heterocycles. The zero-order valence-electron chi connectivity index (χ0n) is 6.94. The maximum Gasteiger partial charge on any atom is 0.379 e. The largest absolute Gasteiger partial charge is 0.416 e. The molecule has 15 heavy (non-hydrogen) atoms. The first-order valence-electron chi connectivity index (χ1n) is 3.57. The summed E-state index contributed by atoms with van der Waals surface area (Å²) in [5.74, 6) is -8.40. The van der Waals surface area contributed by atoms with Gasteiger partial charge < -0.3 is 4.74 Å². The average molecular weight is 226 g/mol. The number of rotatable bonds is 2. The molecule has 0 aliphatic carbocycles. The fourth-order valence-electron chi connectivity index (χ4n) is 0.747. The summed E-state index contributed by atoms with van der Waals surface area (Å²) in [5, 5.41) is 0. The highest BCUT2D eigenvalue weighted by Crippen LogP contribution is 2.24. The van der Waals surface area contributed by atoms with Crippen molar-refractivity contribution in [2.45, 2.75) is 6.43 Å². The quantitative estimate of drug-likeness (QED) is 0.334. The van der Waals surface area contributed by atoms with Gasteiger partial charge in [-0.25, -0.2) is 13.6 Å². The fraction of sp³-hybridized carbons (Fsp3) is 0.125. The van der Waals surface area contributed by atoms with Crippen LogP contribution in [0.3, 0.4) is 0 Å². The van der Waals surface area contributed by atoms with Gasteiger partial charge in [-0.15, -0.1) is 0 Å². The lowest BCUT2D eigenvalue weighted by molar-refractivity contribution is -0.146. The number of ether oxygens (including phenoxy) is 1. The molecule has 0 saturated carbocycles. The predicted molar refractivity (Wildman–Crippen MR) is 38.0 cm³/mol. The third-order valence-corrected chi connectivity index (χ3v) is 1.38. The molecule has 7 heteroatoms. The SMILES string of the molecule is O=C(Oc1c(F)ccc(F)c1F)C(F)F. The normalized spacial score (nSPS) is 10.5. The van der Waals surface area contributed by atoms with Crippen molar-refractivity contribution in [1.29, 1.82) is 0 Å². The highest BCUT2D eigenvalue weighted by Gasteiger charge is 2.23.